The number of hydrogen-bond donors (Lipinski definition) is 1. The monoisotopic (exact) mass is 358 g/mol. The molecule has 0 saturated carbocycles. The van der Waals surface area contributed by atoms with Crippen LogP contribution in [-0.4, -0.2) is 69.3 Å². The first-order chi connectivity index (χ1) is 11.2. The van der Waals surface area contributed by atoms with Crippen LogP contribution < -0.4 is 4.90 Å². The topological polar surface area (TPSA) is 62.1 Å². The number of benzene rings is 1. The van der Waals surface area contributed by atoms with E-state index in [2.05, 4.69) is 0 Å². The van der Waals surface area contributed by atoms with Gasteiger partial charge in [0.25, 0.3) is 5.91 Å². The van der Waals surface area contributed by atoms with E-state index >= 15 is 0 Å². The number of piperazine rings is 1. The zero-order chi connectivity index (χ0) is 17.9. The molecule has 1 saturated heterocycles. The quantitative estimate of drug-likeness (QED) is 0.778. The van der Waals surface area contributed by atoms with E-state index < -0.39 is 15.8 Å². The molecule has 8 heteroatoms. The third-order valence-electron chi connectivity index (χ3n) is 4.45. The number of halogens is 1. The van der Waals surface area contributed by atoms with Crippen molar-refractivity contribution in [3.8, 4) is 0 Å². The number of quaternary nitrogens is 1. The minimum atomic E-state index is -3.60. The Kier molecular flexibility index (Phi) is 5.95. The standard InChI is InChI=1S/C16H24FN3O3S/c1-13(2)18(3)16(21)12-19-8-10-20(11-9-19)24(22,23)15-6-4-14(17)5-7-15/h4-7,13H,8-12H2,1-3H3/p+1. The highest BCUT2D eigenvalue weighted by Gasteiger charge is 2.31. The molecule has 2 rings (SSSR count). The Hall–Kier alpha value is -1.51. The SMILES string of the molecule is CC(C)N(C)C(=O)C[NH+]1CCN(S(=O)(=O)c2ccc(F)cc2)CC1. The van der Waals surface area contributed by atoms with Crippen LogP contribution >= 0.6 is 0 Å². The third-order valence-corrected chi connectivity index (χ3v) is 6.36. The molecule has 0 bridgehead atoms. The lowest BCUT2D eigenvalue weighted by molar-refractivity contribution is -0.896. The summed E-state index contributed by atoms with van der Waals surface area (Å²) in [5, 5.41) is 0. The summed E-state index contributed by atoms with van der Waals surface area (Å²) >= 11 is 0. The fourth-order valence-corrected chi connectivity index (χ4v) is 4.04. The maximum atomic E-state index is 13.0. The van der Waals surface area contributed by atoms with Crippen molar-refractivity contribution in [1.82, 2.24) is 9.21 Å². The van der Waals surface area contributed by atoms with Crippen LogP contribution in [0.4, 0.5) is 4.39 Å². The van der Waals surface area contributed by atoms with Gasteiger partial charge in [-0.25, -0.2) is 12.8 Å². The van der Waals surface area contributed by atoms with Crippen molar-refractivity contribution in [3.05, 3.63) is 30.1 Å². The average Bonchev–Trinajstić information content (AvgIpc) is 2.55. The summed E-state index contributed by atoms with van der Waals surface area (Å²) in [6, 6.07) is 5.01. The predicted molar refractivity (Wildman–Crippen MR) is 88.6 cm³/mol. The number of carbonyl (C=O) groups excluding carboxylic acids is 1. The molecule has 0 radical (unpaired) electrons. The third kappa shape index (κ3) is 4.31. The first kappa shape index (κ1) is 18.8. The van der Waals surface area contributed by atoms with Gasteiger partial charge in [0.15, 0.2) is 6.54 Å². The minimum absolute atomic E-state index is 0.0647. The molecule has 0 spiro atoms. The number of nitrogens with one attached hydrogen (secondary N) is 1. The van der Waals surface area contributed by atoms with Crippen molar-refractivity contribution in [2.75, 3.05) is 39.8 Å². The molecule has 0 atom stereocenters. The first-order valence-electron chi connectivity index (χ1n) is 8.06. The zero-order valence-corrected chi connectivity index (χ0v) is 15.1. The summed E-state index contributed by atoms with van der Waals surface area (Å²) in [4.78, 5) is 15.0. The second-order valence-corrected chi connectivity index (χ2v) is 8.32. The molecule has 6 nitrogen and oxygen atoms in total. The summed E-state index contributed by atoms with van der Waals surface area (Å²) in [6.07, 6.45) is 0. The van der Waals surface area contributed by atoms with Crippen LogP contribution in [0, 0.1) is 5.82 Å². The van der Waals surface area contributed by atoms with Crippen molar-refractivity contribution in [1.29, 1.82) is 0 Å². The highest BCUT2D eigenvalue weighted by molar-refractivity contribution is 7.89. The van der Waals surface area contributed by atoms with Gasteiger partial charge in [0.05, 0.1) is 31.1 Å². The lowest BCUT2D eigenvalue weighted by atomic mass is 10.3. The molecule has 0 aliphatic carbocycles. The number of amides is 1. The van der Waals surface area contributed by atoms with Gasteiger partial charge >= 0.3 is 0 Å². The van der Waals surface area contributed by atoms with E-state index in [1.165, 1.54) is 16.4 Å². The Morgan fingerprint density at radius 1 is 1.25 bits per heavy atom. The number of carbonyl (C=O) groups is 1. The van der Waals surface area contributed by atoms with Crippen LogP contribution in [0.5, 0.6) is 0 Å². The summed E-state index contributed by atoms with van der Waals surface area (Å²) < 4.78 is 39.5. The Morgan fingerprint density at radius 3 is 2.29 bits per heavy atom. The van der Waals surface area contributed by atoms with Crippen LogP contribution in [0.1, 0.15) is 13.8 Å². The molecule has 1 aromatic rings. The molecular formula is C16H25FN3O3S+. The smallest absolute Gasteiger partial charge is 0.277 e. The number of hydrogen-bond acceptors (Lipinski definition) is 3. The summed E-state index contributed by atoms with van der Waals surface area (Å²) in [5.41, 5.74) is 0. The summed E-state index contributed by atoms with van der Waals surface area (Å²) in [7, 11) is -1.82. The van der Waals surface area contributed by atoms with Crippen molar-refractivity contribution < 1.29 is 22.5 Å². The highest BCUT2D eigenvalue weighted by atomic mass is 32.2. The van der Waals surface area contributed by atoms with Gasteiger partial charge in [-0.15, -0.1) is 0 Å². The Bertz CT molecular complexity index is 668. The van der Waals surface area contributed by atoms with Gasteiger partial charge in [-0.3, -0.25) is 4.79 Å². The molecule has 24 heavy (non-hydrogen) atoms. The Labute approximate surface area is 142 Å². The van der Waals surface area contributed by atoms with Crippen LogP contribution in [0.25, 0.3) is 0 Å². The van der Waals surface area contributed by atoms with Crippen molar-refractivity contribution in [2.24, 2.45) is 0 Å². The molecule has 1 N–H and O–H groups in total. The van der Waals surface area contributed by atoms with Crippen molar-refractivity contribution >= 4 is 15.9 Å². The van der Waals surface area contributed by atoms with Crippen molar-refractivity contribution in [3.63, 3.8) is 0 Å². The lowest BCUT2D eigenvalue weighted by Gasteiger charge is -2.32. The molecule has 134 valence electrons. The number of rotatable bonds is 5. The van der Waals surface area contributed by atoms with Crippen LogP contribution in [0.2, 0.25) is 0 Å². The Morgan fingerprint density at radius 2 is 1.79 bits per heavy atom. The van der Waals surface area contributed by atoms with E-state index in [1.54, 1.807) is 11.9 Å². The molecule has 1 aromatic carbocycles. The largest absolute Gasteiger partial charge is 0.338 e. The van der Waals surface area contributed by atoms with Crippen LogP contribution in [0.3, 0.4) is 0 Å². The molecule has 0 aromatic heterocycles. The Balaban J connectivity index is 1.95. The van der Waals surface area contributed by atoms with Crippen molar-refractivity contribution in [2.45, 2.75) is 24.8 Å². The van der Waals surface area contributed by atoms with Gasteiger partial charge in [0.1, 0.15) is 5.82 Å². The first-order valence-corrected chi connectivity index (χ1v) is 9.50. The average molecular weight is 358 g/mol. The highest BCUT2D eigenvalue weighted by Crippen LogP contribution is 2.15. The molecule has 1 amide bonds. The van der Waals surface area contributed by atoms with E-state index in [-0.39, 0.29) is 16.8 Å². The van der Waals surface area contributed by atoms with Gasteiger partial charge in [-0.2, -0.15) is 4.31 Å². The van der Waals surface area contributed by atoms with E-state index in [0.29, 0.717) is 32.7 Å². The maximum absolute atomic E-state index is 13.0. The number of nitrogens with zero attached hydrogens (tertiary/aromatic N) is 2. The van der Waals surface area contributed by atoms with E-state index in [4.69, 9.17) is 0 Å². The molecular weight excluding hydrogens is 333 g/mol. The summed E-state index contributed by atoms with van der Waals surface area (Å²) in [6.45, 7) is 6.16. The minimum Gasteiger partial charge on any atom is -0.338 e. The van der Waals surface area contributed by atoms with E-state index in [9.17, 15) is 17.6 Å². The molecule has 1 aliphatic rings. The van der Waals surface area contributed by atoms with Gasteiger partial charge in [0.2, 0.25) is 10.0 Å². The van der Waals surface area contributed by atoms with Gasteiger partial charge in [0, 0.05) is 13.1 Å². The predicted octanol–water partition coefficient (Wildman–Crippen LogP) is -0.418. The summed E-state index contributed by atoms with van der Waals surface area (Å²) in [5.74, 6) is -0.397. The number of sulfonamides is 1. The maximum Gasteiger partial charge on any atom is 0.277 e. The van der Waals surface area contributed by atoms with Crippen LogP contribution in [-0.2, 0) is 14.8 Å². The second kappa shape index (κ2) is 7.58. The van der Waals surface area contributed by atoms with Crippen LogP contribution in [0.15, 0.2) is 29.2 Å². The number of likely N-dealkylation sites (N-methyl/N-ethyl adjacent to an activating group) is 1. The lowest BCUT2D eigenvalue weighted by Crippen LogP contribution is -3.15. The van der Waals surface area contributed by atoms with Gasteiger partial charge in [-0.05, 0) is 38.1 Å². The molecule has 0 unspecified atom stereocenters. The fourth-order valence-electron chi connectivity index (χ4n) is 2.60. The van der Waals surface area contributed by atoms with E-state index in [0.717, 1.165) is 17.0 Å². The zero-order valence-electron chi connectivity index (χ0n) is 14.3. The molecule has 1 heterocycles. The van der Waals surface area contributed by atoms with E-state index in [1.807, 2.05) is 13.8 Å². The second-order valence-electron chi connectivity index (χ2n) is 6.38. The van der Waals surface area contributed by atoms with Gasteiger partial charge < -0.3 is 9.80 Å². The molecule has 1 aliphatic heterocycles. The van der Waals surface area contributed by atoms with Gasteiger partial charge in [-0.1, -0.05) is 0 Å². The fraction of sp³-hybridized carbons (Fsp3) is 0.562. The molecule has 1 fully saturated rings. The normalized spacial score (nSPS) is 17.2.